The van der Waals surface area contributed by atoms with Crippen molar-refractivity contribution in [2.24, 2.45) is 0 Å². The van der Waals surface area contributed by atoms with Crippen LogP contribution in [0.1, 0.15) is 5.56 Å². The summed E-state index contributed by atoms with van der Waals surface area (Å²) in [5.41, 5.74) is 1.10. The number of rotatable bonds is 4. The van der Waals surface area contributed by atoms with E-state index in [2.05, 4.69) is 16.3 Å². The van der Waals surface area contributed by atoms with Crippen molar-refractivity contribution in [1.29, 1.82) is 0 Å². The highest BCUT2D eigenvalue weighted by Gasteiger charge is 2.16. The van der Waals surface area contributed by atoms with Crippen molar-refractivity contribution in [2.45, 2.75) is 6.04 Å². The molecule has 0 aromatic heterocycles. The van der Waals surface area contributed by atoms with Crippen LogP contribution >= 0.6 is 11.6 Å². The number of nitrogens with zero attached hydrogens (tertiary/aromatic N) is 1. The first-order valence-corrected chi connectivity index (χ1v) is 6.67. The molecule has 1 saturated heterocycles. The van der Waals surface area contributed by atoms with E-state index in [9.17, 15) is 5.11 Å². The molecule has 1 fully saturated rings. The van der Waals surface area contributed by atoms with Crippen LogP contribution in [-0.2, 0) is 0 Å². The SMILES string of the molecule is OCC(/C=C/c1ccc(Cl)cc1)N1CCNCC1. The van der Waals surface area contributed by atoms with Gasteiger partial charge in [0.15, 0.2) is 0 Å². The Labute approximate surface area is 113 Å². The maximum atomic E-state index is 9.47. The highest BCUT2D eigenvalue weighted by atomic mass is 35.5. The van der Waals surface area contributed by atoms with Crippen molar-refractivity contribution >= 4 is 17.7 Å². The van der Waals surface area contributed by atoms with E-state index in [4.69, 9.17) is 11.6 Å². The Morgan fingerprint density at radius 3 is 2.56 bits per heavy atom. The molecule has 0 bridgehead atoms. The van der Waals surface area contributed by atoms with E-state index < -0.39 is 0 Å². The van der Waals surface area contributed by atoms with Gasteiger partial charge in [-0.2, -0.15) is 0 Å². The summed E-state index contributed by atoms with van der Waals surface area (Å²) in [7, 11) is 0. The molecule has 0 spiro atoms. The Bertz CT molecular complexity index is 385. The second-order valence-electron chi connectivity index (χ2n) is 4.45. The summed E-state index contributed by atoms with van der Waals surface area (Å²) in [6.07, 6.45) is 4.10. The molecule has 2 N–H and O–H groups in total. The Hall–Kier alpha value is -0.870. The van der Waals surface area contributed by atoms with Crippen molar-refractivity contribution < 1.29 is 5.11 Å². The summed E-state index contributed by atoms with van der Waals surface area (Å²) >= 11 is 5.84. The summed E-state index contributed by atoms with van der Waals surface area (Å²) in [6.45, 7) is 4.10. The van der Waals surface area contributed by atoms with E-state index in [-0.39, 0.29) is 12.6 Å². The first-order chi connectivity index (χ1) is 8.79. The molecular weight excluding hydrogens is 248 g/mol. The summed E-state index contributed by atoms with van der Waals surface area (Å²) in [5.74, 6) is 0. The molecule has 0 aliphatic carbocycles. The van der Waals surface area contributed by atoms with Crippen molar-refractivity contribution in [3.63, 3.8) is 0 Å². The van der Waals surface area contributed by atoms with Crippen molar-refractivity contribution in [1.82, 2.24) is 10.2 Å². The lowest BCUT2D eigenvalue weighted by atomic mass is 10.1. The molecule has 1 heterocycles. The van der Waals surface area contributed by atoms with E-state index in [1.165, 1.54) is 0 Å². The van der Waals surface area contributed by atoms with Gasteiger partial charge < -0.3 is 10.4 Å². The Morgan fingerprint density at radius 2 is 1.94 bits per heavy atom. The minimum atomic E-state index is 0.0998. The number of aliphatic hydroxyl groups excluding tert-OH is 1. The molecule has 0 amide bonds. The maximum absolute atomic E-state index is 9.47. The second-order valence-corrected chi connectivity index (χ2v) is 4.88. The Balaban J connectivity index is 1.98. The third-order valence-electron chi connectivity index (χ3n) is 3.19. The monoisotopic (exact) mass is 266 g/mol. The van der Waals surface area contributed by atoms with Gasteiger partial charge in [-0.1, -0.05) is 35.9 Å². The van der Waals surface area contributed by atoms with Gasteiger partial charge in [0, 0.05) is 31.2 Å². The van der Waals surface area contributed by atoms with Crippen molar-refractivity contribution in [3.05, 3.63) is 40.9 Å². The van der Waals surface area contributed by atoms with Gasteiger partial charge in [0.05, 0.1) is 12.6 Å². The van der Waals surface area contributed by atoms with Crippen molar-refractivity contribution in [3.8, 4) is 0 Å². The Morgan fingerprint density at radius 1 is 1.28 bits per heavy atom. The largest absolute Gasteiger partial charge is 0.394 e. The molecular formula is C14H19ClN2O. The lowest BCUT2D eigenvalue weighted by Crippen LogP contribution is -2.48. The van der Waals surface area contributed by atoms with Crippen LogP contribution < -0.4 is 5.32 Å². The van der Waals surface area contributed by atoms with Crippen LogP contribution in [-0.4, -0.2) is 48.8 Å². The predicted molar refractivity (Wildman–Crippen MR) is 75.8 cm³/mol. The zero-order valence-electron chi connectivity index (χ0n) is 10.3. The number of benzene rings is 1. The fourth-order valence-corrected chi connectivity index (χ4v) is 2.23. The van der Waals surface area contributed by atoms with Gasteiger partial charge in [-0.3, -0.25) is 4.90 Å². The van der Waals surface area contributed by atoms with Crippen LogP contribution in [0.3, 0.4) is 0 Å². The quantitative estimate of drug-likeness (QED) is 0.869. The van der Waals surface area contributed by atoms with Crippen LogP contribution in [0, 0.1) is 0 Å². The summed E-state index contributed by atoms with van der Waals surface area (Å²) in [6, 6.07) is 7.80. The highest BCUT2D eigenvalue weighted by Crippen LogP contribution is 2.12. The van der Waals surface area contributed by atoms with E-state index in [0.29, 0.717) is 0 Å². The summed E-state index contributed by atoms with van der Waals surface area (Å²) in [4.78, 5) is 2.29. The molecule has 1 aromatic rings. The fraction of sp³-hybridized carbons (Fsp3) is 0.429. The molecule has 3 nitrogen and oxygen atoms in total. The summed E-state index contributed by atoms with van der Waals surface area (Å²) in [5, 5.41) is 13.5. The number of halogens is 1. The average molecular weight is 267 g/mol. The molecule has 1 atom stereocenters. The zero-order valence-corrected chi connectivity index (χ0v) is 11.1. The maximum Gasteiger partial charge on any atom is 0.0622 e. The molecule has 4 heteroatoms. The standard InChI is InChI=1S/C14H19ClN2O/c15-13-4-1-12(2-5-13)3-6-14(11-18)17-9-7-16-8-10-17/h1-6,14,16,18H,7-11H2/b6-3+. The third kappa shape index (κ3) is 3.82. The van der Waals surface area contributed by atoms with Gasteiger partial charge in [0.25, 0.3) is 0 Å². The van der Waals surface area contributed by atoms with Gasteiger partial charge in [-0.25, -0.2) is 0 Å². The molecule has 1 aliphatic heterocycles. The minimum Gasteiger partial charge on any atom is -0.394 e. The lowest BCUT2D eigenvalue weighted by Gasteiger charge is -2.32. The van der Waals surface area contributed by atoms with E-state index in [0.717, 1.165) is 36.8 Å². The van der Waals surface area contributed by atoms with Crippen LogP contribution in [0.4, 0.5) is 0 Å². The first kappa shape index (κ1) is 13.6. The normalized spacial score (nSPS) is 19.2. The van der Waals surface area contributed by atoms with Crippen molar-refractivity contribution in [2.75, 3.05) is 32.8 Å². The number of aliphatic hydroxyl groups is 1. The van der Waals surface area contributed by atoms with Gasteiger partial charge in [-0.15, -0.1) is 0 Å². The minimum absolute atomic E-state index is 0.0998. The zero-order chi connectivity index (χ0) is 12.8. The number of hydrogen-bond acceptors (Lipinski definition) is 3. The molecule has 18 heavy (non-hydrogen) atoms. The average Bonchev–Trinajstić information content (AvgIpc) is 2.43. The molecule has 0 saturated carbocycles. The summed E-state index contributed by atoms with van der Waals surface area (Å²) < 4.78 is 0. The van der Waals surface area contributed by atoms with E-state index in [1.807, 2.05) is 30.3 Å². The molecule has 1 unspecified atom stereocenters. The number of piperazine rings is 1. The van der Waals surface area contributed by atoms with Crippen LogP contribution in [0.25, 0.3) is 6.08 Å². The fourth-order valence-electron chi connectivity index (χ4n) is 2.11. The van der Waals surface area contributed by atoms with Gasteiger partial charge >= 0.3 is 0 Å². The van der Waals surface area contributed by atoms with E-state index in [1.54, 1.807) is 0 Å². The predicted octanol–water partition coefficient (Wildman–Crippen LogP) is 1.62. The third-order valence-corrected chi connectivity index (χ3v) is 3.44. The highest BCUT2D eigenvalue weighted by molar-refractivity contribution is 6.30. The molecule has 1 aliphatic rings. The van der Waals surface area contributed by atoms with Gasteiger partial charge in [0.2, 0.25) is 0 Å². The topological polar surface area (TPSA) is 35.5 Å². The smallest absolute Gasteiger partial charge is 0.0622 e. The molecule has 0 radical (unpaired) electrons. The van der Waals surface area contributed by atoms with Crippen LogP contribution in [0.5, 0.6) is 0 Å². The molecule has 1 aromatic carbocycles. The first-order valence-electron chi connectivity index (χ1n) is 6.29. The lowest BCUT2D eigenvalue weighted by molar-refractivity contribution is 0.138. The van der Waals surface area contributed by atoms with E-state index >= 15 is 0 Å². The second kappa shape index (κ2) is 6.90. The van der Waals surface area contributed by atoms with Gasteiger partial charge in [-0.05, 0) is 17.7 Å². The Kier molecular flexibility index (Phi) is 5.20. The molecule has 2 rings (SSSR count). The number of hydrogen-bond donors (Lipinski definition) is 2. The van der Waals surface area contributed by atoms with Gasteiger partial charge in [0.1, 0.15) is 0 Å². The van der Waals surface area contributed by atoms with Crippen LogP contribution in [0.2, 0.25) is 5.02 Å². The van der Waals surface area contributed by atoms with Crippen LogP contribution in [0.15, 0.2) is 30.3 Å². The molecule has 98 valence electrons. The number of nitrogens with one attached hydrogen (secondary N) is 1.